The summed E-state index contributed by atoms with van der Waals surface area (Å²) in [6.07, 6.45) is 2.59. The van der Waals surface area contributed by atoms with Gasteiger partial charge in [0.25, 0.3) is 0 Å². The maximum Gasteiger partial charge on any atom is 0.434 e. The fourth-order valence-electron chi connectivity index (χ4n) is 4.46. The van der Waals surface area contributed by atoms with Gasteiger partial charge in [0.15, 0.2) is 11.5 Å². The first-order chi connectivity index (χ1) is 17.8. The Bertz CT molecular complexity index is 1600. The number of imidazole rings is 1. The summed E-state index contributed by atoms with van der Waals surface area (Å²) in [5.41, 5.74) is 4.50. The van der Waals surface area contributed by atoms with E-state index in [2.05, 4.69) is 25.1 Å². The quantitative estimate of drug-likeness (QED) is 0.336. The number of rotatable bonds is 6. The summed E-state index contributed by atoms with van der Waals surface area (Å²) >= 11 is 0. The molecule has 1 aliphatic carbocycles. The van der Waals surface area contributed by atoms with Gasteiger partial charge in [0.2, 0.25) is 0 Å². The fraction of sp³-hybridized carbons (Fsp3) is 0.269. The van der Waals surface area contributed by atoms with E-state index < -0.39 is 11.9 Å². The van der Waals surface area contributed by atoms with Crippen LogP contribution >= 0.6 is 0 Å². The summed E-state index contributed by atoms with van der Waals surface area (Å²) in [6, 6.07) is 9.04. The standard InChI is InChI=1S/C26H22F3N7O/c1-36-13-20(26(27,28)29)32-25(36)16-5-3-14(4-6-16)11-17-23-18(35-34-17)12-31-24(33-23)21-19(37-2)9-10-30-22(21)15-7-8-15/h3-6,9-10,12-13,15H,7-8,11H2,1-2H3,(H,34,35). The van der Waals surface area contributed by atoms with Crippen LogP contribution in [0.2, 0.25) is 0 Å². The van der Waals surface area contributed by atoms with Gasteiger partial charge in [-0.25, -0.2) is 15.0 Å². The molecular formula is C26H22F3N7O. The molecule has 0 aliphatic heterocycles. The monoisotopic (exact) mass is 505 g/mol. The third-order valence-electron chi connectivity index (χ3n) is 6.47. The van der Waals surface area contributed by atoms with E-state index in [0.717, 1.165) is 41.6 Å². The van der Waals surface area contributed by atoms with Crippen LogP contribution in [0.5, 0.6) is 5.75 Å². The minimum atomic E-state index is -4.49. The van der Waals surface area contributed by atoms with Crippen molar-refractivity contribution in [3.05, 3.63) is 71.6 Å². The highest BCUT2D eigenvalue weighted by atomic mass is 19.4. The number of halogens is 3. The van der Waals surface area contributed by atoms with Crippen molar-refractivity contribution in [2.75, 3.05) is 7.11 Å². The second-order valence-electron chi connectivity index (χ2n) is 9.11. The van der Waals surface area contributed by atoms with E-state index >= 15 is 0 Å². The number of aromatic amines is 1. The van der Waals surface area contributed by atoms with Crippen LogP contribution in [0.25, 0.3) is 33.8 Å². The van der Waals surface area contributed by atoms with Crippen LogP contribution in [-0.2, 0) is 19.6 Å². The van der Waals surface area contributed by atoms with Crippen LogP contribution in [0.15, 0.2) is 48.9 Å². The molecule has 1 aliphatic rings. The molecule has 0 unspecified atom stereocenters. The van der Waals surface area contributed by atoms with Gasteiger partial charge in [-0.05, 0) is 24.5 Å². The average Bonchev–Trinajstić information content (AvgIpc) is 3.55. The molecule has 4 aromatic heterocycles. The molecule has 4 heterocycles. The van der Waals surface area contributed by atoms with Crippen molar-refractivity contribution in [1.82, 2.24) is 34.7 Å². The number of ether oxygens (including phenoxy) is 1. The molecule has 0 saturated heterocycles. The number of hydrogen-bond acceptors (Lipinski definition) is 6. The van der Waals surface area contributed by atoms with Gasteiger partial charge in [-0.15, -0.1) is 0 Å². The van der Waals surface area contributed by atoms with E-state index in [0.29, 0.717) is 40.5 Å². The Kier molecular flexibility index (Phi) is 5.43. The number of benzene rings is 1. The van der Waals surface area contributed by atoms with E-state index in [9.17, 15) is 13.2 Å². The second kappa shape index (κ2) is 8.68. The topological polar surface area (TPSA) is 94.4 Å². The van der Waals surface area contributed by atoms with Crippen molar-refractivity contribution >= 4 is 11.0 Å². The molecule has 37 heavy (non-hydrogen) atoms. The van der Waals surface area contributed by atoms with Crippen molar-refractivity contribution in [2.24, 2.45) is 7.05 Å². The van der Waals surface area contributed by atoms with E-state index in [1.165, 1.54) is 4.57 Å². The zero-order chi connectivity index (χ0) is 25.7. The summed E-state index contributed by atoms with van der Waals surface area (Å²) in [5, 5.41) is 7.43. The highest BCUT2D eigenvalue weighted by Gasteiger charge is 2.34. The zero-order valence-electron chi connectivity index (χ0n) is 20.0. The molecule has 0 atom stereocenters. The number of methoxy groups -OCH3 is 1. The molecule has 0 amide bonds. The van der Waals surface area contributed by atoms with Gasteiger partial charge < -0.3 is 9.30 Å². The Hall–Kier alpha value is -4.28. The molecule has 1 saturated carbocycles. The van der Waals surface area contributed by atoms with Crippen LogP contribution in [0, 0.1) is 0 Å². The number of hydrogen-bond donors (Lipinski definition) is 1. The first kappa shape index (κ1) is 23.1. The number of aryl methyl sites for hydroxylation is 1. The fourth-order valence-corrected chi connectivity index (χ4v) is 4.46. The van der Waals surface area contributed by atoms with Gasteiger partial charge in [-0.3, -0.25) is 10.1 Å². The molecule has 0 spiro atoms. The summed E-state index contributed by atoms with van der Waals surface area (Å²) in [4.78, 5) is 17.7. The summed E-state index contributed by atoms with van der Waals surface area (Å²) in [5.74, 6) is 1.85. The molecule has 5 aromatic rings. The first-order valence-corrected chi connectivity index (χ1v) is 11.7. The Morgan fingerprint density at radius 3 is 2.54 bits per heavy atom. The van der Waals surface area contributed by atoms with Gasteiger partial charge in [0.05, 0.1) is 30.3 Å². The minimum absolute atomic E-state index is 0.248. The Labute approximate surface area is 209 Å². The van der Waals surface area contributed by atoms with Crippen LogP contribution in [0.4, 0.5) is 13.2 Å². The molecular weight excluding hydrogens is 483 g/mol. The predicted octanol–water partition coefficient (Wildman–Crippen LogP) is 5.31. The van der Waals surface area contributed by atoms with Gasteiger partial charge >= 0.3 is 6.18 Å². The number of fused-ring (bicyclic) bond motifs is 1. The van der Waals surface area contributed by atoms with E-state index in [4.69, 9.17) is 9.72 Å². The Balaban J connectivity index is 1.31. The average molecular weight is 506 g/mol. The molecule has 0 radical (unpaired) electrons. The van der Waals surface area contributed by atoms with Crippen LogP contribution in [-0.4, -0.2) is 41.8 Å². The zero-order valence-corrected chi connectivity index (χ0v) is 20.0. The lowest BCUT2D eigenvalue weighted by molar-refractivity contribution is -0.140. The van der Waals surface area contributed by atoms with E-state index in [1.807, 2.05) is 18.2 Å². The predicted molar refractivity (Wildman–Crippen MR) is 130 cm³/mol. The van der Waals surface area contributed by atoms with Crippen molar-refractivity contribution in [3.63, 3.8) is 0 Å². The molecule has 1 aromatic carbocycles. The van der Waals surface area contributed by atoms with Crippen LogP contribution in [0.1, 0.15) is 41.4 Å². The van der Waals surface area contributed by atoms with Gasteiger partial charge in [-0.1, -0.05) is 24.3 Å². The molecule has 1 N–H and O–H groups in total. The maximum atomic E-state index is 13.0. The lowest BCUT2D eigenvalue weighted by atomic mass is 10.1. The van der Waals surface area contributed by atoms with Crippen molar-refractivity contribution in [2.45, 2.75) is 31.4 Å². The normalized spacial score (nSPS) is 13.9. The van der Waals surface area contributed by atoms with Gasteiger partial charge in [-0.2, -0.15) is 18.3 Å². The molecule has 0 bridgehead atoms. The number of aromatic nitrogens is 7. The number of alkyl halides is 3. The molecule has 188 valence electrons. The maximum absolute atomic E-state index is 13.0. The molecule has 6 rings (SSSR count). The summed E-state index contributed by atoms with van der Waals surface area (Å²) < 4.78 is 46.1. The SMILES string of the molecule is COc1ccnc(C2CC2)c1-c1ncc2[nH]nc(Cc3ccc(-c4nc(C(F)(F)F)cn4C)cc3)c2n1. The first-order valence-electron chi connectivity index (χ1n) is 11.7. The van der Waals surface area contributed by atoms with Crippen molar-refractivity contribution < 1.29 is 17.9 Å². The number of nitrogens with one attached hydrogen (secondary N) is 1. The number of H-pyrrole nitrogens is 1. The minimum Gasteiger partial charge on any atom is -0.496 e. The van der Waals surface area contributed by atoms with Crippen molar-refractivity contribution in [1.29, 1.82) is 0 Å². The van der Waals surface area contributed by atoms with Crippen LogP contribution < -0.4 is 4.74 Å². The van der Waals surface area contributed by atoms with E-state index in [-0.39, 0.29) is 5.82 Å². The Morgan fingerprint density at radius 2 is 1.86 bits per heavy atom. The third-order valence-corrected chi connectivity index (χ3v) is 6.47. The lowest BCUT2D eigenvalue weighted by Gasteiger charge is -2.11. The molecule has 8 nitrogen and oxygen atoms in total. The smallest absolute Gasteiger partial charge is 0.434 e. The van der Waals surface area contributed by atoms with Gasteiger partial charge in [0.1, 0.15) is 22.6 Å². The third kappa shape index (κ3) is 4.30. The number of nitrogens with zero attached hydrogens (tertiary/aromatic N) is 6. The van der Waals surface area contributed by atoms with Crippen molar-refractivity contribution in [3.8, 4) is 28.5 Å². The van der Waals surface area contributed by atoms with Gasteiger partial charge in [0, 0.05) is 37.3 Å². The lowest BCUT2D eigenvalue weighted by Crippen LogP contribution is -2.04. The number of pyridine rings is 1. The second-order valence-corrected chi connectivity index (χ2v) is 9.11. The highest BCUT2D eigenvalue weighted by Crippen LogP contribution is 2.45. The molecule has 11 heteroatoms. The highest BCUT2D eigenvalue weighted by molar-refractivity contribution is 5.80. The largest absolute Gasteiger partial charge is 0.496 e. The van der Waals surface area contributed by atoms with E-state index in [1.54, 1.807) is 38.7 Å². The summed E-state index contributed by atoms with van der Waals surface area (Å²) in [6.45, 7) is 0. The van der Waals surface area contributed by atoms with Crippen LogP contribution in [0.3, 0.4) is 0 Å². The summed E-state index contributed by atoms with van der Waals surface area (Å²) in [7, 11) is 3.17. The Morgan fingerprint density at radius 1 is 1.08 bits per heavy atom. The molecule has 1 fully saturated rings.